The number of nitrogens with one attached hydrogen (secondary N) is 1. The summed E-state index contributed by atoms with van der Waals surface area (Å²) in [5, 5.41) is 13.3. The van der Waals surface area contributed by atoms with Gasteiger partial charge in [0.2, 0.25) is 5.54 Å². The number of rotatable bonds is 2. The van der Waals surface area contributed by atoms with E-state index in [2.05, 4.69) is 21.2 Å². The number of fused-ring (bicyclic) bond motifs is 1. The van der Waals surface area contributed by atoms with Crippen LogP contribution >= 0.6 is 15.9 Å². The maximum absolute atomic E-state index is 11.8. The Hall–Kier alpha value is -1.43. The molecule has 0 saturated heterocycles. The number of amides is 1. The first-order valence-electron chi connectivity index (χ1n) is 4.66. The van der Waals surface area contributed by atoms with Gasteiger partial charge in [-0.15, -0.1) is 0 Å². The fourth-order valence-corrected chi connectivity index (χ4v) is 2.13. The SMILES string of the molecule is CC1(CC(=O)[O-])C(=O)Nc2ccc(Br)c[n+]21. The summed E-state index contributed by atoms with van der Waals surface area (Å²) in [6.45, 7) is 1.57. The molecule has 0 bridgehead atoms. The van der Waals surface area contributed by atoms with E-state index in [9.17, 15) is 14.7 Å². The second-order valence-electron chi connectivity index (χ2n) is 3.88. The fraction of sp³-hybridized carbons (Fsp3) is 0.300. The predicted octanol–water partition coefficient (Wildman–Crippen LogP) is -0.456. The first-order chi connectivity index (χ1) is 7.43. The Kier molecular flexibility index (Phi) is 2.46. The third-order valence-corrected chi connectivity index (χ3v) is 3.13. The Balaban J connectivity index is 2.53. The molecule has 1 N–H and O–H groups in total. The van der Waals surface area contributed by atoms with E-state index in [0.717, 1.165) is 4.47 Å². The van der Waals surface area contributed by atoms with Gasteiger partial charge in [0.25, 0.3) is 5.82 Å². The quantitative estimate of drug-likeness (QED) is 0.748. The van der Waals surface area contributed by atoms with Gasteiger partial charge in [0.15, 0.2) is 0 Å². The van der Waals surface area contributed by atoms with Crippen molar-refractivity contribution in [2.24, 2.45) is 0 Å². The molecule has 5 nitrogen and oxygen atoms in total. The number of anilines is 1. The average molecular weight is 285 g/mol. The molecule has 0 aliphatic carbocycles. The van der Waals surface area contributed by atoms with Crippen LogP contribution in [0.5, 0.6) is 0 Å². The van der Waals surface area contributed by atoms with Crippen LogP contribution in [0, 0.1) is 0 Å². The fourth-order valence-electron chi connectivity index (χ4n) is 1.79. The molecule has 2 rings (SSSR count). The number of carbonyl (C=O) groups excluding carboxylic acids is 2. The molecular formula is C10H9BrN2O3. The second kappa shape index (κ2) is 3.55. The van der Waals surface area contributed by atoms with E-state index in [1.165, 1.54) is 0 Å². The van der Waals surface area contributed by atoms with Gasteiger partial charge in [0.1, 0.15) is 6.20 Å². The van der Waals surface area contributed by atoms with E-state index >= 15 is 0 Å². The molecule has 1 unspecified atom stereocenters. The zero-order valence-corrected chi connectivity index (χ0v) is 10.1. The zero-order valence-electron chi connectivity index (χ0n) is 8.49. The number of carbonyl (C=O) groups is 2. The van der Waals surface area contributed by atoms with Crippen LogP contribution in [0.1, 0.15) is 13.3 Å². The maximum Gasteiger partial charge on any atom is 0.355 e. The van der Waals surface area contributed by atoms with Crippen molar-refractivity contribution in [1.29, 1.82) is 0 Å². The first kappa shape index (κ1) is 11.1. The highest BCUT2D eigenvalue weighted by Crippen LogP contribution is 2.25. The van der Waals surface area contributed by atoms with Crippen LogP contribution in [-0.4, -0.2) is 11.9 Å². The van der Waals surface area contributed by atoms with Crippen LogP contribution in [0.3, 0.4) is 0 Å². The molecule has 0 radical (unpaired) electrons. The number of pyridine rings is 1. The largest absolute Gasteiger partial charge is 0.550 e. The van der Waals surface area contributed by atoms with Crippen molar-refractivity contribution in [2.45, 2.75) is 18.9 Å². The molecule has 0 saturated carbocycles. The number of carboxylic acids is 1. The molecule has 0 fully saturated rings. The minimum atomic E-state index is -1.25. The van der Waals surface area contributed by atoms with Gasteiger partial charge in [-0.2, -0.15) is 0 Å². The van der Waals surface area contributed by atoms with Gasteiger partial charge >= 0.3 is 5.91 Å². The van der Waals surface area contributed by atoms with Gasteiger partial charge in [-0.05, 0) is 28.9 Å². The highest BCUT2D eigenvalue weighted by atomic mass is 79.9. The third-order valence-electron chi connectivity index (χ3n) is 2.66. The van der Waals surface area contributed by atoms with Crippen LogP contribution in [0.2, 0.25) is 0 Å². The summed E-state index contributed by atoms with van der Waals surface area (Å²) in [4.78, 5) is 22.4. The Labute approximate surface area is 100 Å². The Morgan fingerprint density at radius 1 is 1.62 bits per heavy atom. The molecule has 1 amide bonds. The van der Waals surface area contributed by atoms with E-state index in [0.29, 0.717) is 5.82 Å². The summed E-state index contributed by atoms with van der Waals surface area (Å²) in [5.41, 5.74) is -1.13. The van der Waals surface area contributed by atoms with E-state index < -0.39 is 11.5 Å². The van der Waals surface area contributed by atoms with Crippen LogP contribution in [-0.2, 0) is 15.1 Å². The van der Waals surface area contributed by atoms with E-state index in [1.807, 2.05) is 0 Å². The summed E-state index contributed by atoms with van der Waals surface area (Å²) in [6.07, 6.45) is 1.32. The summed E-state index contributed by atoms with van der Waals surface area (Å²) < 4.78 is 2.38. The van der Waals surface area contributed by atoms with E-state index in [4.69, 9.17) is 0 Å². The zero-order chi connectivity index (χ0) is 11.9. The van der Waals surface area contributed by atoms with E-state index in [-0.39, 0.29) is 12.3 Å². The number of nitrogens with zero attached hydrogens (tertiary/aromatic N) is 1. The third kappa shape index (κ3) is 1.59. The van der Waals surface area contributed by atoms with Crippen LogP contribution in [0.4, 0.5) is 5.82 Å². The number of aromatic nitrogens is 1. The predicted molar refractivity (Wildman–Crippen MR) is 56.2 cm³/mol. The standard InChI is InChI=1S/C10H9BrN2O3/c1-10(4-8(14)15)9(16)12-7-3-2-6(11)5-13(7)10/h2-3,5H,4H2,1H3,(H,14,15). The molecule has 84 valence electrons. The van der Waals surface area contributed by atoms with Crippen molar-refractivity contribution in [2.75, 3.05) is 5.32 Å². The first-order valence-corrected chi connectivity index (χ1v) is 5.46. The lowest BCUT2D eigenvalue weighted by Gasteiger charge is -2.18. The Morgan fingerprint density at radius 3 is 2.94 bits per heavy atom. The average Bonchev–Trinajstić information content (AvgIpc) is 2.40. The van der Waals surface area contributed by atoms with Gasteiger partial charge in [-0.1, -0.05) is 0 Å². The molecule has 1 aliphatic heterocycles. The lowest BCUT2D eigenvalue weighted by Crippen LogP contribution is -2.57. The minimum Gasteiger partial charge on any atom is -0.550 e. The van der Waals surface area contributed by atoms with Crippen molar-refractivity contribution in [1.82, 2.24) is 0 Å². The number of aliphatic carboxylic acids is 1. The molecular weight excluding hydrogens is 276 g/mol. The molecule has 1 aromatic heterocycles. The molecule has 1 atom stereocenters. The molecule has 0 aromatic carbocycles. The summed E-state index contributed by atoms with van der Waals surface area (Å²) in [7, 11) is 0. The maximum atomic E-state index is 11.8. The number of carboxylic acid groups (broad SMARTS) is 1. The van der Waals surface area contributed by atoms with Gasteiger partial charge in [0, 0.05) is 18.5 Å². The van der Waals surface area contributed by atoms with Gasteiger partial charge in [-0.25, -0.2) is 14.7 Å². The van der Waals surface area contributed by atoms with Crippen molar-refractivity contribution in [3.8, 4) is 0 Å². The van der Waals surface area contributed by atoms with Gasteiger partial charge in [0.05, 0.1) is 4.47 Å². The van der Waals surface area contributed by atoms with Gasteiger partial charge in [-0.3, -0.25) is 0 Å². The van der Waals surface area contributed by atoms with Crippen LogP contribution in [0.25, 0.3) is 0 Å². The van der Waals surface area contributed by atoms with Crippen LogP contribution in [0.15, 0.2) is 22.8 Å². The number of halogens is 1. The van der Waals surface area contributed by atoms with Crippen molar-refractivity contribution in [3.63, 3.8) is 0 Å². The molecule has 1 aromatic rings. The minimum absolute atomic E-state index is 0.338. The van der Waals surface area contributed by atoms with E-state index in [1.54, 1.807) is 29.8 Å². The number of hydrogen-bond acceptors (Lipinski definition) is 3. The topological polar surface area (TPSA) is 73.1 Å². The highest BCUT2D eigenvalue weighted by molar-refractivity contribution is 9.10. The summed E-state index contributed by atoms with van der Waals surface area (Å²) >= 11 is 3.28. The molecule has 0 spiro atoms. The molecule has 2 heterocycles. The molecule has 1 aliphatic rings. The second-order valence-corrected chi connectivity index (χ2v) is 4.79. The lowest BCUT2D eigenvalue weighted by atomic mass is 9.98. The lowest BCUT2D eigenvalue weighted by molar-refractivity contribution is -0.725. The number of hydrogen-bond donors (Lipinski definition) is 1. The van der Waals surface area contributed by atoms with Crippen molar-refractivity contribution in [3.05, 3.63) is 22.8 Å². The Morgan fingerprint density at radius 2 is 2.31 bits per heavy atom. The van der Waals surface area contributed by atoms with Crippen molar-refractivity contribution < 1.29 is 19.3 Å². The summed E-state index contributed by atoms with van der Waals surface area (Å²) in [6, 6.07) is 3.49. The normalized spacial score (nSPS) is 22.8. The molecule has 6 heteroatoms. The van der Waals surface area contributed by atoms with Crippen molar-refractivity contribution >= 4 is 33.6 Å². The highest BCUT2D eigenvalue weighted by Gasteiger charge is 2.50. The Bertz CT molecular complexity index is 489. The smallest absolute Gasteiger partial charge is 0.355 e. The van der Waals surface area contributed by atoms with Crippen LogP contribution < -0.4 is 15.0 Å². The van der Waals surface area contributed by atoms with Gasteiger partial charge < -0.3 is 9.90 Å². The molecule has 16 heavy (non-hydrogen) atoms. The summed E-state index contributed by atoms with van der Waals surface area (Å²) in [5.74, 6) is -1.01. The monoisotopic (exact) mass is 284 g/mol.